The summed E-state index contributed by atoms with van der Waals surface area (Å²) in [6.07, 6.45) is 1.29. The first kappa shape index (κ1) is 24.9. The second-order valence-electron chi connectivity index (χ2n) is 8.92. The Balaban J connectivity index is 1.54. The monoisotopic (exact) mass is 496 g/mol. The number of aryl methyl sites for hydroxylation is 1. The standard InChI is InChI=1S/C27H29FN2O4S/c1-20-9-11-24(12-10-20)30(2)35(32,33)25-8-3-5-21(17-25)26(31)29-19-27(13-15-34-16-14-27)22-6-4-7-23(28)18-22/h3-12,17-18H,13-16,19H2,1-2H3,(H,29,31). The van der Waals surface area contributed by atoms with Gasteiger partial charge in [-0.25, -0.2) is 12.8 Å². The summed E-state index contributed by atoms with van der Waals surface area (Å²) in [6, 6.07) is 19.6. The van der Waals surface area contributed by atoms with Crippen LogP contribution in [-0.2, 0) is 20.2 Å². The minimum atomic E-state index is -3.86. The number of hydrogen-bond acceptors (Lipinski definition) is 4. The maximum Gasteiger partial charge on any atom is 0.264 e. The number of nitrogens with zero attached hydrogens (tertiary/aromatic N) is 1. The van der Waals surface area contributed by atoms with Crippen LogP contribution in [0.4, 0.5) is 10.1 Å². The summed E-state index contributed by atoms with van der Waals surface area (Å²) in [6.45, 7) is 3.26. The summed E-state index contributed by atoms with van der Waals surface area (Å²) in [4.78, 5) is 13.1. The van der Waals surface area contributed by atoms with Gasteiger partial charge in [-0.3, -0.25) is 9.10 Å². The highest BCUT2D eigenvalue weighted by Crippen LogP contribution is 2.34. The lowest BCUT2D eigenvalue weighted by Gasteiger charge is -2.38. The van der Waals surface area contributed by atoms with E-state index in [1.165, 1.54) is 35.6 Å². The summed E-state index contributed by atoms with van der Waals surface area (Å²) in [7, 11) is -2.37. The van der Waals surface area contributed by atoms with Crippen molar-refractivity contribution < 1.29 is 22.3 Å². The number of ether oxygens (including phenoxy) is 1. The van der Waals surface area contributed by atoms with Gasteiger partial charge in [0.15, 0.2) is 0 Å². The number of rotatable bonds is 7. The fourth-order valence-corrected chi connectivity index (χ4v) is 5.59. The molecule has 0 aromatic heterocycles. The number of benzene rings is 3. The number of carbonyl (C=O) groups is 1. The van der Waals surface area contributed by atoms with Crippen molar-refractivity contribution >= 4 is 21.6 Å². The topological polar surface area (TPSA) is 75.7 Å². The molecular weight excluding hydrogens is 467 g/mol. The molecular formula is C27H29FN2O4S. The molecule has 1 N–H and O–H groups in total. The summed E-state index contributed by atoms with van der Waals surface area (Å²) in [5, 5.41) is 2.95. The van der Waals surface area contributed by atoms with Gasteiger partial charge in [0, 0.05) is 37.8 Å². The molecule has 4 rings (SSSR count). The molecule has 3 aromatic carbocycles. The zero-order chi connectivity index (χ0) is 25.1. The van der Waals surface area contributed by atoms with Crippen LogP contribution in [0.15, 0.2) is 77.7 Å². The Kier molecular flexibility index (Phi) is 7.23. The molecule has 3 aromatic rings. The highest BCUT2D eigenvalue weighted by molar-refractivity contribution is 7.92. The smallest absolute Gasteiger partial charge is 0.264 e. The van der Waals surface area contributed by atoms with Gasteiger partial charge in [0.1, 0.15) is 5.82 Å². The average molecular weight is 497 g/mol. The third-order valence-corrected chi connectivity index (χ3v) is 8.41. The lowest BCUT2D eigenvalue weighted by molar-refractivity contribution is 0.0486. The van der Waals surface area contributed by atoms with Crippen LogP contribution in [0.5, 0.6) is 0 Å². The largest absolute Gasteiger partial charge is 0.381 e. The lowest BCUT2D eigenvalue weighted by atomic mass is 9.74. The molecule has 0 spiro atoms. The van der Waals surface area contributed by atoms with Crippen LogP contribution in [-0.4, -0.2) is 41.1 Å². The van der Waals surface area contributed by atoms with Crippen LogP contribution in [0.25, 0.3) is 0 Å². The maximum absolute atomic E-state index is 13.9. The summed E-state index contributed by atoms with van der Waals surface area (Å²) >= 11 is 0. The van der Waals surface area contributed by atoms with E-state index in [4.69, 9.17) is 4.74 Å². The van der Waals surface area contributed by atoms with E-state index in [1.54, 1.807) is 30.3 Å². The normalized spacial score (nSPS) is 15.4. The van der Waals surface area contributed by atoms with Crippen LogP contribution < -0.4 is 9.62 Å². The Morgan fingerprint density at radius 2 is 1.71 bits per heavy atom. The predicted molar refractivity (Wildman–Crippen MR) is 134 cm³/mol. The van der Waals surface area contributed by atoms with Gasteiger partial charge in [-0.2, -0.15) is 0 Å². The average Bonchev–Trinajstić information content (AvgIpc) is 2.88. The molecule has 1 saturated heterocycles. The molecule has 1 aliphatic rings. The van der Waals surface area contributed by atoms with E-state index in [-0.39, 0.29) is 22.2 Å². The minimum absolute atomic E-state index is 0.0270. The van der Waals surface area contributed by atoms with Crippen LogP contribution in [0.3, 0.4) is 0 Å². The molecule has 0 atom stereocenters. The first-order chi connectivity index (χ1) is 16.7. The first-order valence-electron chi connectivity index (χ1n) is 11.5. The Hall–Kier alpha value is -3.23. The van der Waals surface area contributed by atoms with E-state index in [0.717, 1.165) is 11.1 Å². The van der Waals surface area contributed by atoms with Crippen molar-refractivity contribution in [1.29, 1.82) is 0 Å². The summed E-state index contributed by atoms with van der Waals surface area (Å²) in [5.74, 6) is -0.711. The summed E-state index contributed by atoms with van der Waals surface area (Å²) < 4.78 is 47.1. The molecule has 1 heterocycles. The lowest BCUT2D eigenvalue weighted by Crippen LogP contribution is -2.44. The molecule has 184 valence electrons. The van der Waals surface area contributed by atoms with Gasteiger partial charge in [-0.1, -0.05) is 35.9 Å². The van der Waals surface area contributed by atoms with Crippen molar-refractivity contribution in [2.45, 2.75) is 30.1 Å². The molecule has 0 aliphatic carbocycles. The van der Waals surface area contributed by atoms with Crippen molar-refractivity contribution in [1.82, 2.24) is 5.32 Å². The van der Waals surface area contributed by atoms with Gasteiger partial charge in [-0.05, 0) is 67.8 Å². The molecule has 1 amide bonds. The van der Waals surface area contributed by atoms with Crippen molar-refractivity contribution in [2.75, 3.05) is 31.1 Å². The van der Waals surface area contributed by atoms with Gasteiger partial charge < -0.3 is 10.1 Å². The second-order valence-corrected chi connectivity index (χ2v) is 10.9. The maximum atomic E-state index is 13.9. The number of anilines is 1. The molecule has 1 fully saturated rings. The number of sulfonamides is 1. The molecule has 0 radical (unpaired) electrons. The Labute approximate surface area is 205 Å². The fourth-order valence-electron chi connectivity index (χ4n) is 4.35. The highest BCUT2D eigenvalue weighted by atomic mass is 32.2. The quantitative estimate of drug-likeness (QED) is 0.525. The molecule has 0 unspecified atom stereocenters. The van der Waals surface area contributed by atoms with Crippen LogP contribution in [0.1, 0.15) is 34.3 Å². The van der Waals surface area contributed by atoms with E-state index < -0.39 is 15.4 Å². The number of amides is 1. The Morgan fingerprint density at radius 3 is 2.40 bits per heavy atom. The predicted octanol–water partition coefficient (Wildman–Crippen LogP) is 4.44. The third-order valence-electron chi connectivity index (χ3n) is 6.63. The van der Waals surface area contributed by atoms with Crippen molar-refractivity contribution in [3.63, 3.8) is 0 Å². The number of nitrogens with one attached hydrogen (secondary N) is 1. The number of carbonyl (C=O) groups excluding carboxylic acids is 1. The van der Waals surface area contributed by atoms with E-state index in [1.807, 2.05) is 25.1 Å². The minimum Gasteiger partial charge on any atom is -0.381 e. The second kappa shape index (κ2) is 10.2. The van der Waals surface area contributed by atoms with Crippen LogP contribution in [0, 0.1) is 12.7 Å². The number of halogens is 1. The zero-order valence-electron chi connectivity index (χ0n) is 19.8. The molecule has 8 heteroatoms. The fraction of sp³-hybridized carbons (Fsp3) is 0.296. The van der Waals surface area contributed by atoms with Gasteiger partial charge in [0.25, 0.3) is 15.9 Å². The van der Waals surface area contributed by atoms with Crippen LogP contribution in [0.2, 0.25) is 0 Å². The van der Waals surface area contributed by atoms with Crippen molar-refractivity contribution in [3.05, 3.63) is 95.3 Å². The molecule has 0 bridgehead atoms. The highest BCUT2D eigenvalue weighted by Gasteiger charge is 2.35. The van der Waals surface area contributed by atoms with E-state index in [9.17, 15) is 17.6 Å². The molecule has 35 heavy (non-hydrogen) atoms. The van der Waals surface area contributed by atoms with Gasteiger partial charge >= 0.3 is 0 Å². The van der Waals surface area contributed by atoms with Gasteiger partial charge in [0.2, 0.25) is 0 Å². The van der Waals surface area contributed by atoms with E-state index >= 15 is 0 Å². The van der Waals surface area contributed by atoms with Crippen molar-refractivity contribution in [3.8, 4) is 0 Å². The SMILES string of the molecule is Cc1ccc(N(C)S(=O)(=O)c2cccc(C(=O)NCC3(c4cccc(F)c4)CCOCC3)c2)cc1. The third kappa shape index (κ3) is 5.39. The summed E-state index contributed by atoms with van der Waals surface area (Å²) in [5.41, 5.74) is 2.16. The van der Waals surface area contributed by atoms with E-state index in [0.29, 0.717) is 38.3 Å². The van der Waals surface area contributed by atoms with Gasteiger partial charge in [-0.15, -0.1) is 0 Å². The molecule has 1 aliphatic heterocycles. The first-order valence-corrected chi connectivity index (χ1v) is 12.9. The Morgan fingerprint density at radius 1 is 1.03 bits per heavy atom. The molecule has 0 saturated carbocycles. The van der Waals surface area contributed by atoms with E-state index in [2.05, 4.69) is 5.32 Å². The van der Waals surface area contributed by atoms with Crippen LogP contribution >= 0.6 is 0 Å². The number of hydrogen-bond donors (Lipinski definition) is 1. The Bertz CT molecular complexity index is 1300. The zero-order valence-corrected chi connectivity index (χ0v) is 20.6. The van der Waals surface area contributed by atoms with Gasteiger partial charge in [0.05, 0.1) is 10.6 Å². The molecule has 6 nitrogen and oxygen atoms in total. The van der Waals surface area contributed by atoms with Crippen molar-refractivity contribution in [2.24, 2.45) is 0 Å².